The van der Waals surface area contributed by atoms with Gasteiger partial charge < -0.3 is 14.2 Å². The molecule has 0 aliphatic rings. The summed E-state index contributed by atoms with van der Waals surface area (Å²) in [5.74, 6) is -0.849. The fourth-order valence-electron chi connectivity index (χ4n) is 2.88. The van der Waals surface area contributed by atoms with Crippen LogP contribution in [0.1, 0.15) is 21.5 Å². The van der Waals surface area contributed by atoms with E-state index in [0.29, 0.717) is 11.1 Å². The van der Waals surface area contributed by atoms with Crippen LogP contribution in [0, 0.1) is 17.0 Å². The zero-order valence-electron chi connectivity index (χ0n) is 18.7. The standard InChI is InChI=1S/C24H20ClN3O7/c1-15-7-9-20(19(11-15)28(31)32)34-14-23(29)27-26-13-16-8-10-21(22(12-16)33-2)35-24(30)17-5-3-4-6-18(17)25/h3-13H,14H2,1-2H3,(H,27,29). The molecule has 0 heterocycles. The van der Waals surface area contributed by atoms with Gasteiger partial charge in [0.05, 0.1) is 28.8 Å². The molecule has 0 saturated heterocycles. The molecule has 0 atom stereocenters. The molecular weight excluding hydrogens is 478 g/mol. The SMILES string of the molecule is COc1cc(C=NNC(=O)COc2ccc(C)cc2[N+](=O)[O-])ccc1OC(=O)c1ccccc1Cl. The summed E-state index contributed by atoms with van der Waals surface area (Å²) in [6.45, 7) is 1.24. The number of hydrogen-bond donors (Lipinski definition) is 1. The molecule has 0 aliphatic heterocycles. The van der Waals surface area contributed by atoms with Crippen LogP contribution < -0.4 is 19.6 Å². The van der Waals surface area contributed by atoms with Gasteiger partial charge in [-0.15, -0.1) is 0 Å². The Bertz CT molecular complexity index is 1290. The first-order valence-corrected chi connectivity index (χ1v) is 10.5. The van der Waals surface area contributed by atoms with Crippen LogP contribution in [0.2, 0.25) is 5.02 Å². The molecule has 180 valence electrons. The van der Waals surface area contributed by atoms with Crippen LogP contribution in [0.25, 0.3) is 0 Å². The van der Waals surface area contributed by atoms with Crippen molar-refractivity contribution in [3.63, 3.8) is 0 Å². The molecule has 0 aliphatic carbocycles. The highest BCUT2D eigenvalue weighted by Gasteiger charge is 2.17. The maximum atomic E-state index is 12.4. The summed E-state index contributed by atoms with van der Waals surface area (Å²) >= 11 is 6.03. The van der Waals surface area contributed by atoms with Crippen molar-refractivity contribution < 1.29 is 28.7 Å². The van der Waals surface area contributed by atoms with Crippen LogP contribution in [0.4, 0.5) is 5.69 Å². The lowest BCUT2D eigenvalue weighted by molar-refractivity contribution is -0.385. The minimum atomic E-state index is -0.642. The lowest BCUT2D eigenvalue weighted by Crippen LogP contribution is -2.24. The van der Waals surface area contributed by atoms with Gasteiger partial charge >= 0.3 is 11.7 Å². The number of rotatable bonds is 9. The first-order chi connectivity index (χ1) is 16.8. The summed E-state index contributed by atoms with van der Waals surface area (Å²) in [5.41, 5.74) is 3.48. The number of amides is 1. The highest BCUT2D eigenvalue weighted by Crippen LogP contribution is 2.29. The molecule has 0 radical (unpaired) electrons. The molecule has 3 rings (SSSR count). The maximum absolute atomic E-state index is 12.4. The van der Waals surface area contributed by atoms with Crippen LogP contribution in [-0.2, 0) is 4.79 Å². The Kier molecular flexibility index (Phi) is 8.36. The Morgan fingerprint density at radius 2 is 1.83 bits per heavy atom. The lowest BCUT2D eigenvalue weighted by Gasteiger charge is -2.10. The molecule has 3 aromatic carbocycles. The molecule has 3 aromatic rings. The van der Waals surface area contributed by atoms with E-state index in [4.69, 9.17) is 25.8 Å². The zero-order chi connectivity index (χ0) is 25.4. The van der Waals surface area contributed by atoms with E-state index in [-0.39, 0.29) is 33.5 Å². The highest BCUT2D eigenvalue weighted by molar-refractivity contribution is 6.33. The fraction of sp³-hybridized carbons (Fsp3) is 0.125. The molecule has 11 heteroatoms. The van der Waals surface area contributed by atoms with Gasteiger partial charge in [-0.25, -0.2) is 10.2 Å². The van der Waals surface area contributed by atoms with Gasteiger partial charge in [-0.1, -0.05) is 29.8 Å². The second-order valence-electron chi connectivity index (χ2n) is 7.09. The number of esters is 1. The van der Waals surface area contributed by atoms with E-state index in [2.05, 4.69) is 10.5 Å². The first-order valence-electron chi connectivity index (χ1n) is 10.1. The van der Waals surface area contributed by atoms with Crippen molar-refractivity contribution in [3.8, 4) is 17.2 Å². The second-order valence-corrected chi connectivity index (χ2v) is 7.50. The third-order valence-corrected chi connectivity index (χ3v) is 4.89. The van der Waals surface area contributed by atoms with Gasteiger partial charge in [0.2, 0.25) is 0 Å². The average molecular weight is 498 g/mol. The Hall–Kier alpha value is -4.44. The number of nitrogens with zero attached hydrogens (tertiary/aromatic N) is 2. The number of benzene rings is 3. The number of ether oxygens (including phenoxy) is 3. The first kappa shape index (κ1) is 25.2. The number of aryl methyl sites for hydroxylation is 1. The van der Waals surface area contributed by atoms with E-state index >= 15 is 0 Å². The van der Waals surface area contributed by atoms with E-state index in [9.17, 15) is 19.7 Å². The van der Waals surface area contributed by atoms with Gasteiger partial charge in [-0.2, -0.15) is 5.10 Å². The van der Waals surface area contributed by atoms with E-state index < -0.39 is 23.4 Å². The van der Waals surface area contributed by atoms with E-state index in [1.54, 1.807) is 49.4 Å². The summed E-state index contributed by atoms with van der Waals surface area (Å²) in [7, 11) is 1.41. The molecule has 35 heavy (non-hydrogen) atoms. The smallest absolute Gasteiger partial charge is 0.345 e. The molecule has 0 aromatic heterocycles. The summed E-state index contributed by atoms with van der Waals surface area (Å²) in [6, 6.07) is 15.6. The number of methoxy groups -OCH3 is 1. The molecule has 0 fully saturated rings. The Morgan fingerprint density at radius 1 is 1.09 bits per heavy atom. The maximum Gasteiger partial charge on any atom is 0.345 e. The number of hydrogen-bond acceptors (Lipinski definition) is 8. The Balaban J connectivity index is 1.59. The molecule has 0 spiro atoms. The number of hydrazone groups is 1. The number of nitro groups is 1. The summed E-state index contributed by atoms with van der Waals surface area (Å²) in [6.07, 6.45) is 1.34. The Labute approximate surface area is 205 Å². The number of halogens is 1. The predicted octanol–water partition coefficient (Wildman–Crippen LogP) is 4.31. The van der Waals surface area contributed by atoms with E-state index in [1.807, 2.05) is 0 Å². The van der Waals surface area contributed by atoms with Crippen molar-refractivity contribution in [2.75, 3.05) is 13.7 Å². The number of nitro benzene ring substituents is 1. The van der Waals surface area contributed by atoms with Crippen LogP contribution in [0.15, 0.2) is 65.8 Å². The predicted molar refractivity (Wildman–Crippen MR) is 128 cm³/mol. The largest absolute Gasteiger partial charge is 0.493 e. The highest BCUT2D eigenvalue weighted by atomic mass is 35.5. The summed E-state index contributed by atoms with van der Waals surface area (Å²) in [4.78, 5) is 34.9. The van der Waals surface area contributed by atoms with Gasteiger partial charge in [-0.3, -0.25) is 14.9 Å². The fourth-order valence-corrected chi connectivity index (χ4v) is 3.09. The molecule has 0 saturated carbocycles. The Morgan fingerprint density at radius 3 is 2.54 bits per heavy atom. The molecule has 10 nitrogen and oxygen atoms in total. The zero-order valence-corrected chi connectivity index (χ0v) is 19.4. The third kappa shape index (κ3) is 6.78. The van der Waals surface area contributed by atoms with Crippen molar-refractivity contribution in [3.05, 3.63) is 92.5 Å². The molecule has 1 N–H and O–H groups in total. The topological polar surface area (TPSA) is 129 Å². The minimum Gasteiger partial charge on any atom is -0.493 e. The van der Waals surface area contributed by atoms with Crippen LogP contribution in [-0.4, -0.2) is 36.7 Å². The summed E-state index contributed by atoms with van der Waals surface area (Å²) in [5, 5.41) is 15.2. The van der Waals surface area contributed by atoms with Crippen LogP contribution in [0.5, 0.6) is 17.2 Å². The van der Waals surface area contributed by atoms with E-state index in [1.165, 1.54) is 31.5 Å². The quantitative estimate of drug-likeness (QED) is 0.153. The molecule has 0 bridgehead atoms. The molecular formula is C24H20ClN3O7. The van der Waals surface area contributed by atoms with Crippen molar-refractivity contribution in [1.29, 1.82) is 0 Å². The van der Waals surface area contributed by atoms with Gasteiger partial charge in [0, 0.05) is 6.07 Å². The average Bonchev–Trinajstić information content (AvgIpc) is 2.84. The van der Waals surface area contributed by atoms with Gasteiger partial charge in [0.1, 0.15) is 0 Å². The van der Waals surface area contributed by atoms with Gasteiger partial charge in [0.25, 0.3) is 5.91 Å². The van der Waals surface area contributed by atoms with Crippen molar-refractivity contribution in [2.24, 2.45) is 5.10 Å². The third-order valence-electron chi connectivity index (χ3n) is 4.56. The van der Waals surface area contributed by atoms with Crippen molar-refractivity contribution in [2.45, 2.75) is 6.92 Å². The molecule has 0 unspecified atom stereocenters. The molecule has 1 amide bonds. The number of carbonyl (C=O) groups is 2. The summed E-state index contributed by atoms with van der Waals surface area (Å²) < 4.78 is 15.9. The van der Waals surface area contributed by atoms with Crippen LogP contribution >= 0.6 is 11.6 Å². The number of carbonyl (C=O) groups excluding carboxylic acids is 2. The normalized spacial score (nSPS) is 10.6. The van der Waals surface area contributed by atoms with Crippen LogP contribution in [0.3, 0.4) is 0 Å². The minimum absolute atomic E-state index is 0.0219. The number of nitrogens with one attached hydrogen (secondary N) is 1. The van der Waals surface area contributed by atoms with Gasteiger partial charge in [-0.05, 0) is 54.4 Å². The second kappa shape index (κ2) is 11.6. The van der Waals surface area contributed by atoms with Crippen molar-refractivity contribution in [1.82, 2.24) is 5.43 Å². The van der Waals surface area contributed by atoms with Gasteiger partial charge in [0.15, 0.2) is 23.9 Å². The van der Waals surface area contributed by atoms with E-state index in [0.717, 1.165) is 0 Å². The lowest BCUT2D eigenvalue weighted by atomic mass is 10.2. The van der Waals surface area contributed by atoms with Crippen molar-refractivity contribution >= 4 is 35.4 Å². The monoisotopic (exact) mass is 497 g/mol.